The van der Waals surface area contributed by atoms with E-state index in [1.54, 1.807) is 6.26 Å². The average Bonchev–Trinajstić information content (AvgIpc) is 3.10. The molecule has 0 bridgehead atoms. The van der Waals surface area contributed by atoms with Crippen LogP contribution in [0.2, 0.25) is 0 Å². The van der Waals surface area contributed by atoms with Crippen LogP contribution in [0.3, 0.4) is 0 Å². The molecule has 1 saturated carbocycles. The van der Waals surface area contributed by atoms with Gasteiger partial charge in [-0.15, -0.1) is 24.0 Å². The van der Waals surface area contributed by atoms with Crippen molar-refractivity contribution in [3.63, 3.8) is 0 Å². The van der Waals surface area contributed by atoms with Crippen molar-refractivity contribution < 1.29 is 4.42 Å². The summed E-state index contributed by atoms with van der Waals surface area (Å²) in [5.41, 5.74) is 0. The molecule has 2 unspecified atom stereocenters. The van der Waals surface area contributed by atoms with Gasteiger partial charge in [-0.1, -0.05) is 0 Å². The quantitative estimate of drug-likeness (QED) is 0.419. The Bertz CT molecular complexity index is 411. The highest BCUT2D eigenvalue weighted by molar-refractivity contribution is 14.0. The Morgan fingerprint density at radius 1 is 1.48 bits per heavy atom. The summed E-state index contributed by atoms with van der Waals surface area (Å²) in [5.74, 6) is 1.93. The number of halogens is 1. The summed E-state index contributed by atoms with van der Waals surface area (Å²) in [7, 11) is 0. The van der Waals surface area contributed by atoms with E-state index in [9.17, 15) is 0 Å². The van der Waals surface area contributed by atoms with Crippen molar-refractivity contribution >= 4 is 41.7 Å². The third-order valence-electron chi connectivity index (χ3n) is 3.61. The highest BCUT2D eigenvalue weighted by Crippen LogP contribution is 2.27. The van der Waals surface area contributed by atoms with Crippen molar-refractivity contribution in [1.29, 1.82) is 0 Å². The Labute approximate surface area is 148 Å². The Morgan fingerprint density at radius 2 is 2.33 bits per heavy atom. The van der Waals surface area contributed by atoms with Gasteiger partial charge in [0.1, 0.15) is 5.76 Å². The Hall–Kier alpha value is -0.370. The summed E-state index contributed by atoms with van der Waals surface area (Å²) >= 11 is 1.98. The maximum atomic E-state index is 5.32. The zero-order valence-electron chi connectivity index (χ0n) is 12.8. The van der Waals surface area contributed by atoms with Crippen molar-refractivity contribution in [3.05, 3.63) is 24.2 Å². The molecule has 1 heterocycles. The molecule has 0 saturated heterocycles. The van der Waals surface area contributed by atoms with Crippen LogP contribution in [0.25, 0.3) is 0 Å². The number of nitrogens with zero attached hydrogens (tertiary/aromatic N) is 1. The van der Waals surface area contributed by atoms with Gasteiger partial charge in [0, 0.05) is 30.8 Å². The number of hydrogen-bond acceptors (Lipinski definition) is 3. The normalized spacial score (nSPS) is 21.9. The summed E-state index contributed by atoms with van der Waals surface area (Å²) in [6.45, 7) is 3.75. The van der Waals surface area contributed by atoms with Gasteiger partial charge < -0.3 is 15.1 Å². The predicted octanol–water partition coefficient (Wildman–Crippen LogP) is 3.28. The van der Waals surface area contributed by atoms with Gasteiger partial charge in [0.05, 0.1) is 6.26 Å². The molecule has 0 spiro atoms. The van der Waals surface area contributed by atoms with Crippen molar-refractivity contribution in [3.8, 4) is 0 Å². The van der Waals surface area contributed by atoms with Crippen LogP contribution >= 0.6 is 35.7 Å². The lowest BCUT2D eigenvalue weighted by Gasteiger charge is -2.17. The summed E-state index contributed by atoms with van der Waals surface area (Å²) in [5, 5.41) is 7.68. The number of hydrogen-bond donors (Lipinski definition) is 2. The Morgan fingerprint density at radius 3 is 2.95 bits per heavy atom. The van der Waals surface area contributed by atoms with Gasteiger partial charge in [0.15, 0.2) is 5.96 Å². The van der Waals surface area contributed by atoms with E-state index in [1.165, 1.54) is 19.3 Å². The fourth-order valence-corrected chi connectivity index (χ4v) is 3.33. The first-order valence-corrected chi connectivity index (χ1v) is 8.70. The monoisotopic (exact) mass is 423 g/mol. The van der Waals surface area contributed by atoms with Gasteiger partial charge in [-0.3, -0.25) is 4.99 Å². The number of aliphatic imine (C=N–C) groups is 1. The maximum Gasteiger partial charge on any atom is 0.191 e. The first-order valence-electron chi connectivity index (χ1n) is 7.41. The lowest BCUT2D eigenvalue weighted by molar-refractivity contribution is 0.510. The van der Waals surface area contributed by atoms with Gasteiger partial charge in [-0.05, 0) is 44.6 Å². The van der Waals surface area contributed by atoms with E-state index in [0.717, 1.165) is 36.5 Å². The zero-order valence-corrected chi connectivity index (χ0v) is 15.9. The van der Waals surface area contributed by atoms with Gasteiger partial charge in [-0.25, -0.2) is 0 Å². The number of rotatable bonds is 6. The zero-order chi connectivity index (χ0) is 14.2. The van der Waals surface area contributed by atoms with Crippen LogP contribution in [-0.2, 0) is 6.42 Å². The second-order valence-electron chi connectivity index (χ2n) is 5.10. The molecule has 2 N–H and O–H groups in total. The van der Waals surface area contributed by atoms with Crippen LogP contribution in [0, 0.1) is 0 Å². The van der Waals surface area contributed by atoms with Gasteiger partial charge in [0.2, 0.25) is 0 Å². The summed E-state index contributed by atoms with van der Waals surface area (Å²) in [4.78, 5) is 4.63. The van der Waals surface area contributed by atoms with E-state index in [2.05, 4.69) is 28.8 Å². The molecule has 0 amide bonds. The molecule has 0 aliphatic heterocycles. The molecule has 0 radical (unpaired) electrons. The van der Waals surface area contributed by atoms with Crippen LogP contribution < -0.4 is 10.6 Å². The number of furan rings is 1. The fraction of sp³-hybridized carbons (Fsp3) is 0.667. The predicted molar refractivity (Wildman–Crippen MR) is 102 cm³/mol. The smallest absolute Gasteiger partial charge is 0.191 e. The second-order valence-corrected chi connectivity index (χ2v) is 6.24. The molecule has 6 heteroatoms. The van der Waals surface area contributed by atoms with Gasteiger partial charge >= 0.3 is 0 Å². The molecule has 1 fully saturated rings. The molecular weight excluding hydrogens is 397 g/mol. The third-order valence-corrected chi connectivity index (χ3v) is 4.71. The standard InChI is InChI=1S/C15H25N3OS.HI/c1-3-16-15(17-9-8-13-5-4-10-19-13)18-12-6-7-14(11-12)20-2;/h4-5,10,12,14H,3,6-9,11H2,1-2H3,(H2,16,17,18);1H. The minimum Gasteiger partial charge on any atom is -0.469 e. The van der Waals surface area contributed by atoms with E-state index < -0.39 is 0 Å². The average molecular weight is 423 g/mol. The number of thioether (sulfide) groups is 1. The largest absolute Gasteiger partial charge is 0.469 e. The molecule has 1 aromatic rings. The van der Waals surface area contributed by atoms with Gasteiger partial charge in [-0.2, -0.15) is 11.8 Å². The van der Waals surface area contributed by atoms with E-state index in [-0.39, 0.29) is 24.0 Å². The summed E-state index contributed by atoms with van der Waals surface area (Å²) in [6.07, 6.45) is 8.56. The van der Waals surface area contributed by atoms with Crippen LogP contribution in [0.1, 0.15) is 31.9 Å². The first-order chi connectivity index (χ1) is 9.81. The Balaban J connectivity index is 0.00000220. The van der Waals surface area contributed by atoms with Crippen LogP contribution in [0.15, 0.2) is 27.8 Å². The summed E-state index contributed by atoms with van der Waals surface area (Å²) < 4.78 is 5.32. The maximum absolute atomic E-state index is 5.32. The SMILES string of the molecule is CCNC(=NCCc1ccco1)NC1CCC(SC)C1.I. The topological polar surface area (TPSA) is 49.6 Å². The highest BCUT2D eigenvalue weighted by atomic mass is 127. The van der Waals surface area contributed by atoms with Crippen molar-refractivity contribution in [2.45, 2.75) is 43.9 Å². The van der Waals surface area contributed by atoms with Crippen molar-refractivity contribution in [1.82, 2.24) is 10.6 Å². The molecule has 1 aliphatic carbocycles. The lowest BCUT2D eigenvalue weighted by Crippen LogP contribution is -2.42. The minimum atomic E-state index is 0. The third kappa shape index (κ3) is 6.50. The number of guanidine groups is 1. The molecule has 1 aromatic heterocycles. The lowest BCUT2D eigenvalue weighted by atomic mass is 10.2. The van der Waals surface area contributed by atoms with Gasteiger partial charge in [0.25, 0.3) is 0 Å². The molecule has 4 nitrogen and oxygen atoms in total. The van der Waals surface area contributed by atoms with Crippen LogP contribution in [-0.4, -0.2) is 36.6 Å². The molecule has 2 rings (SSSR count). The molecule has 21 heavy (non-hydrogen) atoms. The van der Waals surface area contributed by atoms with E-state index >= 15 is 0 Å². The number of nitrogens with one attached hydrogen (secondary N) is 2. The van der Waals surface area contributed by atoms with E-state index in [0.29, 0.717) is 6.04 Å². The molecule has 120 valence electrons. The summed E-state index contributed by atoms with van der Waals surface area (Å²) in [6, 6.07) is 4.48. The van der Waals surface area contributed by atoms with Crippen LogP contribution in [0.4, 0.5) is 0 Å². The molecule has 2 atom stereocenters. The van der Waals surface area contributed by atoms with E-state index in [4.69, 9.17) is 4.42 Å². The molecule has 1 aliphatic rings. The first kappa shape index (κ1) is 18.7. The molecule has 0 aromatic carbocycles. The van der Waals surface area contributed by atoms with Crippen molar-refractivity contribution in [2.75, 3.05) is 19.3 Å². The fourth-order valence-electron chi connectivity index (χ4n) is 2.53. The molecular formula is C15H26IN3OS. The van der Waals surface area contributed by atoms with E-state index in [1.807, 2.05) is 23.9 Å². The van der Waals surface area contributed by atoms with Crippen LogP contribution in [0.5, 0.6) is 0 Å². The second kappa shape index (κ2) is 10.4. The van der Waals surface area contributed by atoms with Crippen molar-refractivity contribution in [2.24, 2.45) is 4.99 Å². The minimum absolute atomic E-state index is 0. The highest BCUT2D eigenvalue weighted by Gasteiger charge is 2.24. The Kier molecular flexibility index (Phi) is 9.23.